The van der Waals surface area contributed by atoms with Crippen LogP contribution in [0.1, 0.15) is 31.7 Å². The van der Waals surface area contributed by atoms with Crippen LogP contribution in [0.15, 0.2) is 18.2 Å². The van der Waals surface area contributed by atoms with E-state index >= 15 is 0 Å². The Bertz CT molecular complexity index is 433. The van der Waals surface area contributed by atoms with Gasteiger partial charge in [-0.2, -0.15) is 0 Å². The predicted octanol–water partition coefficient (Wildman–Crippen LogP) is 2.91. The van der Waals surface area contributed by atoms with Gasteiger partial charge in [0.05, 0.1) is 5.69 Å². The minimum atomic E-state index is 0.757. The summed E-state index contributed by atoms with van der Waals surface area (Å²) in [5.41, 5.74) is 2.57. The van der Waals surface area contributed by atoms with Gasteiger partial charge >= 0.3 is 0 Å². The van der Waals surface area contributed by atoms with E-state index in [2.05, 4.69) is 35.3 Å². The molecule has 0 aromatic heterocycles. The maximum Gasteiger partial charge on any atom is 0.142 e. The van der Waals surface area contributed by atoms with Gasteiger partial charge in [-0.25, -0.2) is 0 Å². The molecule has 0 bridgehead atoms. The lowest BCUT2D eigenvalue weighted by Gasteiger charge is -2.33. The number of rotatable bonds is 3. The molecule has 1 aromatic carbocycles. The van der Waals surface area contributed by atoms with E-state index in [0.717, 1.165) is 37.1 Å². The fraction of sp³-hybridized carbons (Fsp3) is 0.625. The highest BCUT2D eigenvalue weighted by Gasteiger charge is 2.18. The molecule has 0 spiro atoms. The third-order valence-electron chi connectivity index (χ3n) is 4.35. The van der Waals surface area contributed by atoms with E-state index < -0.39 is 0 Å². The highest BCUT2D eigenvalue weighted by atomic mass is 16.5. The van der Waals surface area contributed by atoms with Gasteiger partial charge in [0.25, 0.3) is 0 Å². The van der Waals surface area contributed by atoms with Crippen LogP contribution in [0.25, 0.3) is 0 Å². The number of anilines is 1. The lowest BCUT2D eigenvalue weighted by Crippen LogP contribution is -2.38. The Kier molecular flexibility index (Phi) is 3.92. The van der Waals surface area contributed by atoms with E-state index in [4.69, 9.17) is 4.74 Å². The van der Waals surface area contributed by atoms with E-state index in [0.29, 0.717) is 0 Å². The van der Waals surface area contributed by atoms with Crippen molar-refractivity contribution in [3.05, 3.63) is 23.8 Å². The van der Waals surface area contributed by atoms with E-state index in [1.54, 1.807) is 0 Å². The second-order valence-electron chi connectivity index (χ2n) is 5.74. The zero-order valence-electron chi connectivity index (χ0n) is 11.8. The first-order valence-corrected chi connectivity index (χ1v) is 7.56. The lowest BCUT2D eigenvalue weighted by molar-refractivity contribution is 0.163. The summed E-state index contributed by atoms with van der Waals surface area (Å²) in [6.45, 7) is 6.51. The molecule has 2 heterocycles. The van der Waals surface area contributed by atoms with Crippen LogP contribution < -0.4 is 10.1 Å². The van der Waals surface area contributed by atoms with Gasteiger partial charge in [0.15, 0.2) is 0 Å². The maximum absolute atomic E-state index is 5.62. The number of likely N-dealkylation sites (tertiary alicyclic amines) is 1. The SMILES string of the molecule is CC1CCCCN1CCc1ccc2c(c1)NCCO2. The first kappa shape index (κ1) is 12.8. The van der Waals surface area contributed by atoms with Crippen LogP contribution in [-0.2, 0) is 6.42 Å². The van der Waals surface area contributed by atoms with Gasteiger partial charge in [0.2, 0.25) is 0 Å². The van der Waals surface area contributed by atoms with Crippen molar-refractivity contribution in [3.8, 4) is 5.75 Å². The second-order valence-corrected chi connectivity index (χ2v) is 5.74. The highest BCUT2D eigenvalue weighted by molar-refractivity contribution is 5.59. The molecular formula is C16H24N2O. The molecule has 1 atom stereocenters. The molecule has 1 saturated heterocycles. The molecule has 0 radical (unpaired) electrons. The van der Waals surface area contributed by atoms with E-state index in [9.17, 15) is 0 Å². The largest absolute Gasteiger partial charge is 0.490 e. The molecule has 3 nitrogen and oxygen atoms in total. The minimum Gasteiger partial charge on any atom is -0.490 e. The Labute approximate surface area is 115 Å². The number of hydrogen-bond acceptors (Lipinski definition) is 3. The minimum absolute atomic E-state index is 0.757. The molecule has 0 amide bonds. The number of ether oxygens (including phenoxy) is 1. The molecule has 1 fully saturated rings. The highest BCUT2D eigenvalue weighted by Crippen LogP contribution is 2.28. The molecule has 19 heavy (non-hydrogen) atoms. The summed E-state index contributed by atoms with van der Waals surface area (Å²) in [4.78, 5) is 2.63. The van der Waals surface area contributed by atoms with Crippen LogP contribution >= 0.6 is 0 Å². The molecule has 1 N–H and O–H groups in total. The van der Waals surface area contributed by atoms with Crippen LogP contribution in [0.3, 0.4) is 0 Å². The number of piperidine rings is 1. The second kappa shape index (κ2) is 5.83. The van der Waals surface area contributed by atoms with Gasteiger partial charge in [0.1, 0.15) is 12.4 Å². The Morgan fingerprint density at radius 2 is 2.32 bits per heavy atom. The summed E-state index contributed by atoms with van der Waals surface area (Å²) >= 11 is 0. The fourth-order valence-corrected chi connectivity index (χ4v) is 3.11. The summed E-state index contributed by atoms with van der Waals surface area (Å²) < 4.78 is 5.62. The zero-order chi connectivity index (χ0) is 13.1. The van der Waals surface area contributed by atoms with E-state index in [-0.39, 0.29) is 0 Å². The third-order valence-corrected chi connectivity index (χ3v) is 4.35. The quantitative estimate of drug-likeness (QED) is 0.904. The van der Waals surface area contributed by atoms with Crippen molar-refractivity contribution >= 4 is 5.69 Å². The van der Waals surface area contributed by atoms with Crippen molar-refractivity contribution < 1.29 is 4.74 Å². The number of nitrogens with zero attached hydrogens (tertiary/aromatic N) is 1. The van der Waals surface area contributed by atoms with Crippen LogP contribution in [-0.4, -0.2) is 37.2 Å². The fourth-order valence-electron chi connectivity index (χ4n) is 3.11. The summed E-state index contributed by atoms with van der Waals surface area (Å²) in [6, 6.07) is 7.33. The van der Waals surface area contributed by atoms with E-state index in [1.165, 1.54) is 37.9 Å². The maximum atomic E-state index is 5.62. The van der Waals surface area contributed by atoms with Crippen LogP contribution in [0.5, 0.6) is 5.75 Å². The normalized spacial score (nSPS) is 23.3. The third kappa shape index (κ3) is 3.03. The van der Waals surface area contributed by atoms with Crippen molar-refractivity contribution in [2.75, 3.05) is 31.6 Å². The summed E-state index contributed by atoms with van der Waals surface area (Å²) in [6.07, 6.45) is 5.26. The summed E-state index contributed by atoms with van der Waals surface area (Å²) in [5.74, 6) is 1.00. The molecular weight excluding hydrogens is 236 g/mol. The average molecular weight is 260 g/mol. The molecule has 3 heteroatoms. The molecule has 1 aromatic rings. The molecule has 3 rings (SSSR count). The Morgan fingerprint density at radius 1 is 1.37 bits per heavy atom. The van der Waals surface area contributed by atoms with Crippen LogP contribution in [0.4, 0.5) is 5.69 Å². The van der Waals surface area contributed by atoms with E-state index in [1.807, 2.05) is 0 Å². The van der Waals surface area contributed by atoms with Gasteiger partial charge in [-0.1, -0.05) is 12.5 Å². The standard InChI is InChI=1S/C16H24N2O/c1-13-4-2-3-9-18(13)10-7-14-5-6-16-15(12-14)17-8-11-19-16/h5-6,12-13,17H,2-4,7-11H2,1H3. The van der Waals surface area contributed by atoms with Crippen molar-refractivity contribution in [1.29, 1.82) is 0 Å². The van der Waals surface area contributed by atoms with Gasteiger partial charge in [-0.3, -0.25) is 0 Å². The molecule has 2 aliphatic rings. The monoisotopic (exact) mass is 260 g/mol. The van der Waals surface area contributed by atoms with Crippen LogP contribution in [0.2, 0.25) is 0 Å². The van der Waals surface area contributed by atoms with Gasteiger partial charge in [-0.15, -0.1) is 0 Å². The smallest absolute Gasteiger partial charge is 0.142 e. The molecule has 1 unspecified atom stereocenters. The van der Waals surface area contributed by atoms with Crippen molar-refractivity contribution in [2.45, 2.75) is 38.6 Å². The Hall–Kier alpha value is -1.22. The lowest BCUT2D eigenvalue weighted by atomic mass is 10.0. The molecule has 0 aliphatic carbocycles. The Balaban J connectivity index is 1.60. The van der Waals surface area contributed by atoms with Gasteiger partial charge in [0, 0.05) is 19.1 Å². The van der Waals surface area contributed by atoms with Crippen molar-refractivity contribution in [1.82, 2.24) is 4.90 Å². The summed E-state index contributed by atoms with van der Waals surface area (Å²) in [7, 11) is 0. The average Bonchev–Trinajstić information content (AvgIpc) is 2.46. The zero-order valence-corrected chi connectivity index (χ0v) is 11.8. The van der Waals surface area contributed by atoms with Crippen molar-refractivity contribution in [2.24, 2.45) is 0 Å². The van der Waals surface area contributed by atoms with Crippen molar-refractivity contribution in [3.63, 3.8) is 0 Å². The number of nitrogens with one attached hydrogen (secondary N) is 1. The number of hydrogen-bond donors (Lipinski definition) is 1. The predicted molar refractivity (Wildman–Crippen MR) is 79.0 cm³/mol. The number of fused-ring (bicyclic) bond motifs is 1. The van der Waals surface area contributed by atoms with Gasteiger partial charge in [-0.05, 0) is 50.4 Å². The topological polar surface area (TPSA) is 24.5 Å². The Morgan fingerprint density at radius 3 is 3.21 bits per heavy atom. The molecule has 0 saturated carbocycles. The van der Waals surface area contributed by atoms with Gasteiger partial charge < -0.3 is 15.0 Å². The number of benzene rings is 1. The molecule has 104 valence electrons. The first-order valence-electron chi connectivity index (χ1n) is 7.56. The first-order chi connectivity index (χ1) is 9.33. The summed E-state index contributed by atoms with van der Waals surface area (Å²) in [5, 5.41) is 3.41. The molecule has 2 aliphatic heterocycles. The van der Waals surface area contributed by atoms with Crippen LogP contribution in [0, 0.1) is 0 Å².